The van der Waals surface area contributed by atoms with Crippen LogP contribution in [0.15, 0.2) is 33.9 Å². The highest BCUT2D eigenvalue weighted by Crippen LogP contribution is 2.07. The van der Waals surface area contributed by atoms with E-state index in [1.807, 2.05) is 12.1 Å². The zero-order valence-electron chi connectivity index (χ0n) is 7.11. The molecule has 4 nitrogen and oxygen atoms in total. The van der Waals surface area contributed by atoms with Gasteiger partial charge in [-0.05, 0) is 17.7 Å². The molecule has 1 rings (SSSR count). The molecule has 0 saturated heterocycles. The molecule has 0 fully saturated rings. The standard InChI is InChI=1S/C8H8Cl2N4/c9-7-3-1-6(2-4-7)5-12-14-8(11)13-10/h1-5H,(H3,11,13,14). The van der Waals surface area contributed by atoms with Gasteiger partial charge in [-0.3, -0.25) is 0 Å². The molecular formula is C8H8Cl2N4. The Bertz CT molecular complexity index is 345. The summed E-state index contributed by atoms with van der Waals surface area (Å²) in [6.07, 6.45) is 1.57. The molecule has 0 unspecified atom stereocenters. The van der Waals surface area contributed by atoms with Crippen molar-refractivity contribution in [1.29, 1.82) is 0 Å². The van der Waals surface area contributed by atoms with E-state index in [0.29, 0.717) is 5.02 Å². The molecule has 0 aliphatic carbocycles. The number of halogens is 2. The number of nitrogens with two attached hydrogens (primary N) is 1. The molecule has 0 amide bonds. The molecule has 0 aliphatic rings. The summed E-state index contributed by atoms with van der Waals surface area (Å²) >= 11 is 10.8. The maximum Gasteiger partial charge on any atom is 0.226 e. The van der Waals surface area contributed by atoms with Gasteiger partial charge in [0.25, 0.3) is 0 Å². The summed E-state index contributed by atoms with van der Waals surface area (Å²) in [4.78, 5) is 0. The van der Waals surface area contributed by atoms with Crippen molar-refractivity contribution in [3.05, 3.63) is 34.9 Å². The highest BCUT2D eigenvalue weighted by Gasteiger charge is 1.88. The van der Waals surface area contributed by atoms with Gasteiger partial charge in [0.05, 0.1) is 6.21 Å². The first kappa shape index (κ1) is 10.8. The van der Waals surface area contributed by atoms with E-state index in [-0.39, 0.29) is 5.96 Å². The van der Waals surface area contributed by atoms with E-state index in [4.69, 9.17) is 29.1 Å². The topological polar surface area (TPSA) is 62.8 Å². The van der Waals surface area contributed by atoms with Crippen molar-refractivity contribution < 1.29 is 0 Å². The number of guanidine groups is 1. The van der Waals surface area contributed by atoms with Crippen LogP contribution in [-0.4, -0.2) is 12.2 Å². The minimum Gasteiger partial charge on any atom is -0.367 e. The molecule has 0 aliphatic heterocycles. The predicted molar refractivity (Wildman–Crippen MR) is 59.7 cm³/mol. The van der Waals surface area contributed by atoms with Crippen LogP contribution >= 0.6 is 23.4 Å². The highest BCUT2D eigenvalue weighted by molar-refractivity contribution is 6.30. The third kappa shape index (κ3) is 3.64. The second-order valence-electron chi connectivity index (χ2n) is 2.39. The Morgan fingerprint density at radius 3 is 2.57 bits per heavy atom. The van der Waals surface area contributed by atoms with E-state index < -0.39 is 0 Å². The molecule has 0 spiro atoms. The van der Waals surface area contributed by atoms with Gasteiger partial charge >= 0.3 is 0 Å². The van der Waals surface area contributed by atoms with Gasteiger partial charge in [-0.15, -0.1) is 4.51 Å². The fourth-order valence-corrected chi connectivity index (χ4v) is 0.904. The van der Waals surface area contributed by atoms with Gasteiger partial charge in [-0.2, -0.15) is 5.10 Å². The van der Waals surface area contributed by atoms with Crippen molar-refractivity contribution in [2.75, 3.05) is 0 Å². The summed E-state index contributed by atoms with van der Waals surface area (Å²) in [6.45, 7) is 0. The van der Waals surface area contributed by atoms with E-state index >= 15 is 0 Å². The first-order chi connectivity index (χ1) is 6.72. The van der Waals surface area contributed by atoms with Crippen LogP contribution < -0.4 is 11.2 Å². The molecule has 6 heteroatoms. The monoisotopic (exact) mass is 230 g/mol. The number of hydrogen-bond donors (Lipinski definition) is 2. The Morgan fingerprint density at radius 2 is 2.00 bits per heavy atom. The Hall–Kier alpha value is -1.26. The van der Waals surface area contributed by atoms with Crippen molar-refractivity contribution in [2.45, 2.75) is 0 Å². The molecule has 74 valence electrons. The molecule has 0 bridgehead atoms. The second kappa shape index (κ2) is 5.47. The zero-order valence-corrected chi connectivity index (χ0v) is 8.63. The normalized spacial score (nSPS) is 12.0. The van der Waals surface area contributed by atoms with E-state index in [1.165, 1.54) is 0 Å². The van der Waals surface area contributed by atoms with Crippen LogP contribution in [0, 0.1) is 0 Å². The summed E-state index contributed by atoms with van der Waals surface area (Å²) in [5, 5.41) is 4.46. The van der Waals surface area contributed by atoms with Gasteiger partial charge in [0.2, 0.25) is 5.96 Å². The van der Waals surface area contributed by atoms with Crippen LogP contribution in [0.1, 0.15) is 5.56 Å². The molecule has 1 aromatic carbocycles. The number of hydrazone groups is 1. The van der Waals surface area contributed by atoms with Gasteiger partial charge in [0.15, 0.2) is 0 Å². The lowest BCUT2D eigenvalue weighted by Gasteiger charge is -1.95. The van der Waals surface area contributed by atoms with Gasteiger partial charge in [-0.1, -0.05) is 23.7 Å². The third-order valence-corrected chi connectivity index (χ3v) is 1.79. The van der Waals surface area contributed by atoms with Gasteiger partial charge in [0.1, 0.15) is 0 Å². The average molecular weight is 231 g/mol. The van der Waals surface area contributed by atoms with Crippen LogP contribution in [0.2, 0.25) is 5.02 Å². The van der Waals surface area contributed by atoms with Crippen molar-refractivity contribution in [1.82, 2.24) is 5.43 Å². The average Bonchev–Trinajstić information content (AvgIpc) is 2.21. The fraction of sp³-hybridized carbons (Fsp3) is 0. The fourth-order valence-electron chi connectivity index (χ4n) is 0.741. The lowest BCUT2D eigenvalue weighted by molar-refractivity contribution is 1.02. The summed E-state index contributed by atoms with van der Waals surface area (Å²) in [6, 6.07) is 7.17. The lowest BCUT2D eigenvalue weighted by atomic mass is 10.2. The number of nitrogens with zero attached hydrogens (tertiary/aromatic N) is 2. The second-order valence-corrected chi connectivity index (χ2v) is 3.00. The third-order valence-electron chi connectivity index (χ3n) is 1.35. The molecule has 0 aromatic heterocycles. The number of nitrogens with one attached hydrogen (secondary N) is 1. The quantitative estimate of drug-likeness (QED) is 0.462. The van der Waals surface area contributed by atoms with Crippen molar-refractivity contribution in [2.24, 2.45) is 15.3 Å². The SMILES string of the molecule is N/C(=N\Cl)NN=Cc1ccc(Cl)cc1. The highest BCUT2D eigenvalue weighted by atomic mass is 35.5. The minimum atomic E-state index is 0.0388. The maximum atomic E-state index is 5.70. The van der Waals surface area contributed by atoms with E-state index in [1.54, 1.807) is 18.3 Å². The zero-order chi connectivity index (χ0) is 10.4. The molecule has 0 radical (unpaired) electrons. The number of benzene rings is 1. The Kier molecular flexibility index (Phi) is 4.22. The molecule has 14 heavy (non-hydrogen) atoms. The molecular weight excluding hydrogens is 223 g/mol. The first-order valence-electron chi connectivity index (χ1n) is 3.71. The molecule has 0 heterocycles. The van der Waals surface area contributed by atoms with Crippen molar-refractivity contribution in [3.63, 3.8) is 0 Å². The van der Waals surface area contributed by atoms with Crippen molar-refractivity contribution >= 4 is 35.6 Å². The van der Waals surface area contributed by atoms with Crippen LogP contribution in [-0.2, 0) is 0 Å². The molecule has 1 aromatic rings. The smallest absolute Gasteiger partial charge is 0.226 e. The molecule has 3 N–H and O–H groups in total. The first-order valence-corrected chi connectivity index (χ1v) is 4.43. The summed E-state index contributed by atoms with van der Waals surface area (Å²) in [5.41, 5.74) is 8.55. The Morgan fingerprint density at radius 1 is 1.36 bits per heavy atom. The largest absolute Gasteiger partial charge is 0.367 e. The number of hydrogen-bond acceptors (Lipinski definition) is 2. The molecule has 0 atom stereocenters. The van der Waals surface area contributed by atoms with Crippen LogP contribution in [0.3, 0.4) is 0 Å². The van der Waals surface area contributed by atoms with Gasteiger partial charge in [-0.25, -0.2) is 5.43 Å². The Balaban J connectivity index is 2.56. The van der Waals surface area contributed by atoms with Gasteiger partial charge < -0.3 is 5.73 Å². The molecule has 0 saturated carbocycles. The van der Waals surface area contributed by atoms with E-state index in [9.17, 15) is 0 Å². The number of rotatable bonds is 2. The lowest BCUT2D eigenvalue weighted by Crippen LogP contribution is -2.26. The summed E-state index contributed by atoms with van der Waals surface area (Å²) in [5.74, 6) is 0.0388. The maximum absolute atomic E-state index is 5.70. The summed E-state index contributed by atoms with van der Waals surface area (Å²) in [7, 11) is 0. The van der Waals surface area contributed by atoms with E-state index in [0.717, 1.165) is 5.56 Å². The minimum absolute atomic E-state index is 0.0388. The Labute approximate surface area is 91.5 Å². The van der Waals surface area contributed by atoms with Crippen LogP contribution in [0.4, 0.5) is 0 Å². The van der Waals surface area contributed by atoms with Crippen LogP contribution in [0.25, 0.3) is 0 Å². The van der Waals surface area contributed by atoms with Crippen LogP contribution in [0.5, 0.6) is 0 Å². The van der Waals surface area contributed by atoms with Crippen molar-refractivity contribution in [3.8, 4) is 0 Å². The van der Waals surface area contributed by atoms with E-state index in [2.05, 4.69) is 15.0 Å². The predicted octanol–water partition coefficient (Wildman–Crippen LogP) is 1.73. The van der Waals surface area contributed by atoms with Gasteiger partial charge in [0, 0.05) is 16.8 Å². The summed E-state index contributed by atoms with van der Waals surface area (Å²) < 4.78 is 3.15.